The average molecular weight is 319 g/mol. The van der Waals surface area contributed by atoms with Gasteiger partial charge in [-0.1, -0.05) is 13.8 Å². The molecule has 0 aromatic heterocycles. The number of carbonyl (C=O) groups excluding carboxylic acids is 1. The molecule has 8 atom stereocenters. The molecule has 3 unspecified atom stereocenters. The molecule has 0 bridgehead atoms. The van der Waals surface area contributed by atoms with Crippen LogP contribution in [-0.4, -0.2) is 22.5 Å². The Labute approximate surface area is 140 Å². The molecule has 130 valence electrons. The third-order valence-corrected chi connectivity index (χ3v) is 9.03. The number of hydrogen-bond acceptors (Lipinski definition) is 3. The van der Waals surface area contributed by atoms with E-state index in [1.807, 2.05) is 6.92 Å². The molecule has 4 aliphatic carbocycles. The fraction of sp³-hybridized carbons (Fsp3) is 0.950. The van der Waals surface area contributed by atoms with Gasteiger partial charge in [-0.25, -0.2) is 0 Å². The highest BCUT2D eigenvalue weighted by atomic mass is 16.3. The molecule has 0 aromatic rings. The zero-order valence-corrected chi connectivity index (χ0v) is 15.0. The summed E-state index contributed by atoms with van der Waals surface area (Å²) in [6, 6.07) is 0. The van der Waals surface area contributed by atoms with Crippen LogP contribution in [0.2, 0.25) is 0 Å². The second kappa shape index (κ2) is 4.82. The van der Waals surface area contributed by atoms with Crippen molar-refractivity contribution in [2.45, 2.75) is 83.8 Å². The second-order valence-corrected chi connectivity index (χ2v) is 9.86. The van der Waals surface area contributed by atoms with E-state index in [0.29, 0.717) is 24.2 Å². The minimum atomic E-state index is -0.631. The molecule has 0 saturated heterocycles. The Hall–Kier alpha value is -0.410. The third kappa shape index (κ3) is 1.93. The summed E-state index contributed by atoms with van der Waals surface area (Å²) in [5.74, 6) is 2.72. The molecule has 4 saturated carbocycles. The van der Waals surface area contributed by atoms with Crippen molar-refractivity contribution in [2.75, 3.05) is 0 Å². The van der Waals surface area contributed by atoms with Gasteiger partial charge in [0.05, 0.1) is 11.6 Å². The molecule has 0 aliphatic heterocycles. The van der Waals surface area contributed by atoms with Crippen molar-refractivity contribution < 1.29 is 9.90 Å². The molecule has 4 aliphatic rings. The number of carbonyl (C=O) groups is 1. The number of Topliss-reactive ketones (excluding diaryl/α,β-unsaturated/α-hetero) is 1. The fourth-order valence-electron chi connectivity index (χ4n) is 7.62. The van der Waals surface area contributed by atoms with Gasteiger partial charge in [0.2, 0.25) is 0 Å². The van der Waals surface area contributed by atoms with Crippen molar-refractivity contribution in [3.63, 3.8) is 0 Å². The molecule has 0 heterocycles. The van der Waals surface area contributed by atoms with Crippen LogP contribution in [0.25, 0.3) is 0 Å². The molecule has 23 heavy (non-hydrogen) atoms. The second-order valence-electron chi connectivity index (χ2n) is 9.86. The zero-order chi connectivity index (χ0) is 16.6. The quantitative estimate of drug-likeness (QED) is 0.720. The molecule has 0 spiro atoms. The van der Waals surface area contributed by atoms with Gasteiger partial charge < -0.3 is 10.8 Å². The first kappa shape index (κ1) is 16.1. The maximum Gasteiger partial charge on any atom is 0.152 e. The molecule has 0 radical (unpaired) electrons. The van der Waals surface area contributed by atoms with Gasteiger partial charge in [-0.2, -0.15) is 0 Å². The maximum absolute atomic E-state index is 12.4. The van der Waals surface area contributed by atoms with Gasteiger partial charge in [0, 0.05) is 6.42 Å². The molecule has 0 amide bonds. The third-order valence-electron chi connectivity index (χ3n) is 9.03. The normalized spacial score (nSPS) is 59.2. The number of nitrogens with two attached hydrogens (primary N) is 1. The average Bonchev–Trinajstić information content (AvgIpc) is 2.79. The van der Waals surface area contributed by atoms with E-state index in [1.54, 1.807) is 0 Å². The maximum atomic E-state index is 12.4. The van der Waals surface area contributed by atoms with E-state index in [4.69, 9.17) is 5.73 Å². The highest BCUT2D eigenvalue weighted by Gasteiger charge is 2.63. The highest BCUT2D eigenvalue weighted by Crippen LogP contribution is 2.66. The van der Waals surface area contributed by atoms with E-state index in [1.165, 1.54) is 19.3 Å². The summed E-state index contributed by atoms with van der Waals surface area (Å²) in [6.07, 6.45) is 8.42. The summed E-state index contributed by atoms with van der Waals surface area (Å²) in [4.78, 5) is 12.4. The van der Waals surface area contributed by atoms with Crippen molar-refractivity contribution in [1.82, 2.24) is 0 Å². The van der Waals surface area contributed by atoms with Crippen LogP contribution in [0.5, 0.6) is 0 Å². The smallest absolute Gasteiger partial charge is 0.152 e. The Kier molecular flexibility index (Phi) is 3.37. The van der Waals surface area contributed by atoms with Crippen LogP contribution in [0, 0.1) is 34.5 Å². The molecule has 4 fully saturated rings. The summed E-state index contributed by atoms with van der Waals surface area (Å²) in [6.45, 7) is 6.75. The van der Waals surface area contributed by atoms with Crippen LogP contribution in [-0.2, 0) is 4.79 Å². The molecular formula is C20H33NO2. The Morgan fingerprint density at radius 2 is 1.65 bits per heavy atom. The summed E-state index contributed by atoms with van der Waals surface area (Å²) >= 11 is 0. The molecule has 4 rings (SSSR count). The predicted octanol–water partition coefficient (Wildman–Crippen LogP) is 3.29. The minimum Gasteiger partial charge on any atom is -0.393 e. The Morgan fingerprint density at radius 1 is 0.957 bits per heavy atom. The van der Waals surface area contributed by atoms with Crippen molar-refractivity contribution >= 4 is 5.78 Å². The first-order chi connectivity index (χ1) is 10.7. The Balaban J connectivity index is 1.68. The van der Waals surface area contributed by atoms with E-state index in [9.17, 15) is 9.90 Å². The lowest BCUT2D eigenvalue weighted by Gasteiger charge is -2.62. The van der Waals surface area contributed by atoms with Gasteiger partial charge in [-0.3, -0.25) is 4.79 Å². The monoisotopic (exact) mass is 319 g/mol. The lowest BCUT2D eigenvalue weighted by Crippen LogP contribution is -2.65. The standard InChI is InChI=1S/C20H33NO2/c1-18-11-9-17(23)20(3,21)15(18)6-4-12-13-5-7-16(22)19(13,2)10-8-14(12)18/h12-16,22H,4-11,21H2,1-3H3/t12-,13-,14+,15?,16?,18+,19-,20?/m0/s1. The predicted molar refractivity (Wildman–Crippen MR) is 90.7 cm³/mol. The largest absolute Gasteiger partial charge is 0.393 e. The highest BCUT2D eigenvalue weighted by molar-refractivity contribution is 5.89. The molecule has 3 nitrogen and oxygen atoms in total. The summed E-state index contributed by atoms with van der Waals surface area (Å²) in [7, 11) is 0. The van der Waals surface area contributed by atoms with Crippen molar-refractivity contribution in [2.24, 2.45) is 40.2 Å². The summed E-state index contributed by atoms with van der Waals surface area (Å²) in [5, 5.41) is 10.5. The van der Waals surface area contributed by atoms with E-state index in [0.717, 1.165) is 31.6 Å². The molecule has 3 N–H and O–H groups in total. The van der Waals surface area contributed by atoms with Gasteiger partial charge in [0.1, 0.15) is 0 Å². The van der Waals surface area contributed by atoms with Gasteiger partial charge in [-0.05, 0) is 86.4 Å². The summed E-state index contributed by atoms with van der Waals surface area (Å²) in [5.41, 5.74) is 6.27. The van der Waals surface area contributed by atoms with E-state index in [-0.39, 0.29) is 22.7 Å². The molecule has 0 aromatic carbocycles. The van der Waals surface area contributed by atoms with Crippen LogP contribution in [0.3, 0.4) is 0 Å². The van der Waals surface area contributed by atoms with Gasteiger partial charge >= 0.3 is 0 Å². The van der Waals surface area contributed by atoms with E-state index in [2.05, 4.69) is 13.8 Å². The van der Waals surface area contributed by atoms with Crippen LogP contribution in [0.4, 0.5) is 0 Å². The van der Waals surface area contributed by atoms with Gasteiger partial charge in [0.15, 0.2) is 5.78 Å². The Bertz CT molecular complexity index is 530. The minimum absolute atomic E-state index is 0.105. The van der Waals surface area contributed by atoms with Crippen LogP contribution in [0.15, 0.2) is 0 Å². The SMILES string of the molecule is CC1(N)C(=O)CC[C@@]2(C)C1CC[C@@H]1[C@H]2CC[C@]2(C)C(O)CC[C@@H]12. The lowest BCUT2D eigenvalue weighted by atomic mass is 9.43. The van der Waals surface area contributed by atoms with E-state index >= 15 is 0 Å². The number of hydrogen-bond donors (Lipinski definition) is 2. The number of fused-ring (bicyclic) bond motifs is 5. The fourth-order valence-corrected chi connectivity index (χ4v) is 7.62. The molecule has 3 heteroatoms. The van der Waals surface area contributed by atoms with Crippen LogP contribution >= 0.6 is 0 Å². The zero-order valence-electron chi connectivity index (χ0n) is 15.0. The first-order valence-electron chi connectivity index (χ1n) is 9.71. The lowest BCUT2D eigenvalue weighted by molar-refractivity contribution is -0.155. The van der Waals surface area contributed by atoms with Gasteiger partial charge in [0.25, 0.3) is 0 Å². The van der Waals surface area contributed by atoms with Crippen LogP contribution < -0.4 is 5.73 Å². The number of aliphatic hydroxyl groups excluding tert-OH is 1. The number of rotatable bonds is 0. The summed E-state index contributed by atoms with van der Waals surface area (Å²) < 4.78 is 0. The van der Waals surface area contributed by atoms with E-state index < -0.39 is 5.54 Å². The first-order valence-corrected chi connectivity index (χ1v) is 9.71. The van der Waals surface area contributed by atoms with Crippen molar-refractivity contribution in [3.8, 4) is 0 Å². The number of aliphatic hydroxyl groups is 1. The topological polar surface area (TPSA) is 63.3 Å². The Morgan fingerprint density at radius 3 is 2.39 bits per heavy atom. The molecular weight excluding hydrogens is 286 g/mol. The number of ketones is 1. The van der Waals surface area contributed by atoms with Crippen LogP contribution in [0.1, 0.15) is 72.1 Å². The van der Waals surface area contributed by atoms with Crippen molar-refractivity contribution in [3.05, 3.63) is 0 Å². The van der Waals surface area contributed by atoms with Crippen molar-refractivity contribution in [1.29, 1.82) is 0 Å². The van der Waals surface area contributed by atoms with Gasteiger partial charge in [-0.15, -0.1) is 0 Å².